The highest BCUT2D eigenvalue weighted by Gasteiger charge is 2.30. The summed E-state index contributed by atoms with van der Waals surface area (Å²) in [5, 5.41) is 14.4. The largest absolute Gasteiger partial charge is 0.416 e. The van der Waals surface area contributed by atoms with Crippen molar-refractivity contribution < 1.29 is 18.3 Å². The van der Waals surface area contributed by atoms with Crippen LogP contribution in [0.4, 0.5) is 13.2 Å². The van der Waals surface area contributed by atoms with E-state index >= 15 is 0 Å². The van der Waals surface area contributed by atoms with Crippen LogP contribution in [0.5, 0.6) is 0 Å². The van der Waals surface area contributed by atoms with Gasteiger partial charge in [-0.25, -0.2) is 0 Å². The first-order chi connectivity index (χ1) is 9.81. The Balaban J connectivity index is 2.19. The molecule has 2 aromatic rings. The number of rotatable bonds is 4. The van der Waals surface area contributed by atoms with E-state index in [0.717, 1.165) is 24.2 Å². The Morgan fingerprint density at radius 1 is 1.29 bits per heavy atom. The molecule has 0 aliphatic heterocycles. The van der Waals surface area contributed by atoms with Crippen molar-refractivity contribution in [2.75, 3.05) is 0 Å². The van der Waals surface area contributed by atoms with Gasteiger partial charge in [0.05, 0.1) is 23.1 Å². The van der Waals surface area contributed by atoms with E-state index in [2.05, 4.69) is 5.10 Å². The zero-order valence-electron chi connectivity index (χ0n) is 11.9. The third-order valence-corrected chi connectivity index (χ3v) is 3.35. The lowest BCUT2D eigenvalue weighted by molar-refractivity contribution is -0.137. The molecular weight excluding hydrogens is 281 g/mol. The van der Waals surface area contributed by atoms with Gasteiger partial charge in [0.25, 0.3) is 0 Å². The molecule has 0 bridgehead atoms. The Hall–Kier alpha value is -1.82. The number of aliphatic hydroxyl groups excluding tert-OH is 1. The molecule has 1 aromatic carbocycles. The fraction of sp³-hybridized carbons (Fsp3) is 0.400. The van der Waals surface area contributed by atoms with Crippen LogP contribution in [0.25, 0.3) is 0 Å². The Labute approximate surface area is 121 Å². The number of hydrogen-bond donors (Lipinski definition) is 1. The summed E-state index contributed by atoms with van der Waals surface area (Å²) in [6.45, 7) is 1.95. The minimum absolute atomic E-state index is 0.118. The standard InChI is InChI=1S/C15H17F3N2O/c1-3-12-9-13(20(2)19-12)14(21)8-10-5-4-6-11(7-10)15(16,17)18/h4-7,9,14,21H,3,8H2,1-2H3. The second-order valence-corrected chi connectivity index (χ2v) is 4.96. The molecule has 1 heterocycles. The predicted molar refractivity (Wildman–Crippen MR) is 72.7 cm³/mol. The Morgan fingerprint density at radius 2 is 2.00 bits per heavy atom. The number of alkyl halides is 3. The molecule has 21 heavy (non-hydrogen) atoms. The Bertz CT molecular complexity index is 620. The maximum Gasteiger partial charge on any atom is 0.416 e. The monoisotopic (exact) mass is 298 g/mol. The zero-order chi connectivity index (χ0) is 15.6. The number of hydrogen-bond acceptors (Lipinski definition) is 2. The normalized spacial score (nSPS) is 13.4. The van der Waals surface area contributed by atoms with E-state index in [4.69, 9.17) is 0 Å². The number of nitrogens with zero attached hydrogens (tertiary/aromatic N) is 2. The van der Waals surface area contributed by atoms with E-state index in [1.165, 1.54) is 6.07 Å². The van der Waals surface area contributed by atoms with Crippen molar-refractivity contribution in [1.82, 2.24) is 9.78 Å². The summed E-state index contributed by atoms with van der Waals surface area (Å²) in [5.74, 6) is 0. The fourth-order valence-corrected chi connectivity index (χ4v) is 2.23. The van der Waals surface area contributed by atoms with Gasteiger partial charge in [0, 0.05) is 13.5 Å². The van der Waals surface area contributed by atoms with Gasteiger partial charge in [-0.05, 0) is 24.1 Å². The molecule has 1 atom stereocenters. The topological polar surface area (TPSA) is 38.0 Å². The van der Waals surface area contributed by atoms with Crippen LogP contribution in [0.1, 0.15) is 35.5 Å². The zero-order valence-corrected chi connectivity index (χ0v) is 11.9. The number of benzene rings is 1. The van der Waals surface area contributed by atoms with E-state index in [1.807, 2.05) is 6.92 Å². The molecule has 0 aliphatic rings. The van der Waals surface area contributed by atoms with Crippen LogP contribution in [-0.4, -0.2) is 14.9 Å². The molecular formula is C15H17F3N2O. The van der Waals surface area contributed by atoms with Crippen molar-refractivity contribution in [2.45, 2.75) is 32.0 Å². The Morgan fingerprint density at radius 3 is 2.57 bits per heavy atom. The third kappa shape index (κ3) is 3.64. The van der Waals surface area contributed by atoms with Gasteiger partial charge in [-0.1, -0.05) is 25.1 Å². The molecule has 0 saturated carbocycles. The lowest BCUT2D eigenvalue weighted by Crippen LogP contribution is -2.09. The molecule has 1 N–H and O–H groups in total. The molecule has 0 aliphatic carbocycles. The van der Waals surface area contributed by atoms with Crippen molar-refractivity contribution in [1.29, 1.82) is 0 Å². The van der Waals surface area contributed by atoms with Gasteiger partial charge in [0.15, 0.2) is 0 Å². The van der Waals surface area contributed by atoms with Crippen LogP contribution in [-0.2, 0) is 26.1 Å². The lowest BCUT2D eigenvalue weighted by Gasteiger charge is -2.13. The van der Waals surface area contributed by atoms with Gasteiger partial charge in [0.1, 0.15) is 0 Å². The van der Waals surface area contributed by atoms with Crippen molar-refractivity contribution in [2.24, 2.45) is 7.05 Å². The molecule has 3 nitrogen and oxygen atoms in total. The molecule has 0 amide bonds. The lowest BCUT2D eigenvalue weighted by atomic mass is 10.0. The highest BCUT2D eigenvalue weighted by atomic mass is 19.4. The van der Waals surface area contributed by atoms with Gasteiger partial charge in [-0.2, -0.15) is 18.3 Å². The summed E-state index contributed by atoms with van der Waals surface area (Å²) in [6.07, 6.45) is -4.40. The molecule has 0 radical (unpaired) electrons. The van der Waals surface area contributed by atoms with Gasteiger partial charge >= 0.3 is 6.18 Å². The van der Waals surface area contributed by atoms with Crippen LogP contribution >= 0.6 is 0 Å². The van der Waals surface area contributed by atoms with E-state index in [1.54, 1.807) is 23.9 Å². The fourth-order valence-electron chi connectivity index (χ4n) is 2.23. The SMILES string of the molecule is CCc1cc(C(O)Cc2cccc(C(F)(F)F)c2)n(C)n1. The van der Waals surface area contributed by atoms with Crippen LogP contribution in [0, 0.1) is 0 Å². The van der Waals surface area contributed by atoms with Crippen molar-refractivity contribution in [3.8, 4) is 0 Å². The van der Waals surface area contributed by atoms with Gasteiger partial charge in [-0.15, -0.1) is 0 Å². The van der Waals surface area contributed by atoms with Crippen LogP contribution in [0.2, 0.25) is 0 Å². The first kappa shape index (κ1) is 15.6. The molecule has 6 heteroatoms. The van der Waals surface area contributed by atoms with E-state index in [0.29, 0.717) is 11.3 Å². The molecule has 0 saturated heterocycles. The summed E-state index contributed by atoms with van der Waals surface area (Å²) in [7, 11) is 1.71. The first-order valence-corrected chi connectivity index (χ1v) is 6.68. The highest BCUT2D eigenvalue weighted by Crippen LogP contribution is 2.30. The number of aliphatic hydroxyl groups is 1. The number of halogens is 3. The average Bonchev–Trinajstić information content (AvgIpc) is 2.79. The molecule has 2 rings (SSSR count). The second-order valence-electron chi connectivity index (χ2n) is 4.96. The molecule has 1 unspecified atom stereocenters. The van der Waals surface area contributed by atoms with E-state index < -0.39 is 17.8 Å². The maximum atomic E-state index is 12.7. The van der Waals surface area contributed by atoms with Crippen LogP contribution in [0.3, 0.4) is 0 Å². The molecule has 1 aromatic heterocycles. The summed E-state index contributed by atoms with van der Waals surface area (Å²) in [5.41, 5.74) is 1.18. The summed E-state index contributed by atoms with van der Waals surface area (Å²) in [4.78, 5) is 0. The number of aromatic nitrogens is 2. The molecule has 0 fully saturated rings. The van der Waals surface area contributed by atoms with Crippen molar-refractivity contribution in [3.63, 3.8) is 0 Å². The van der Waals surface area contributed by atoms with Gasteiger partial charge < -0.3 is 5.11 Å². The molecule has 114 valence electrons. The van der Waals surface area contributed by atoms with Crippen molar-refractivity contribution >= 4 is 0 Å². The van der Waals surface area contributed by atoms with Crippen molar-refractivity contribution in [3.05, 3.63) is 52.8 Å². The third-order valence-electron chi connectivity index (χ3n) is 3.35. The van der Waals surface area contributed by atoms with Gasteiger partial charge in [0.2, 0.25) is 0 Å². The summed E-state index contributed by atoms with van der Waals surface area (Å²) in [6, 6.07) is 6.80. The van der Waals surface area contributed by atoms with Crippen LogP contribution < -0.4 is 0 Å². The Kier molecular flexibility index (Phi) is 4.37. The average molecular weight is 298 g/mol. The van der Waals surface area contributed by atoms with E-state index in [-0.39, 0.29) is 6.42 Å². The molecule has 0 spiro atoms. The first-order valence-electron chi connectivity index (χ1n) is 6.68. The van der Waals surface area contributed by atoms with Gasteiger partial charge in [-0.3, -0.25) is 4.68 Å². The van der Waals surface area contributed by atoms with E-state index in [9.17, 15) is 18.3 Å². The summed E-state index contributed by atoms with van der Waals surface area (Å²) < 4.78 is 39.6. The number of aryl methyl sites for hydroxylation is 2. The smallest absolute Gasteiger partial charge is 0.386 e. The minimum Gasteiger partial charge on any atom is -0.386 e. The maximum absolute atomic E-state index is 12.7. The van der Waals surface area contributed by atoms with Crippen LogP contribution in [0.15, 0.2) is 30.3 Å². The predicted octanol–water partition coefficient (Wildman–Crippen LogP) is 3.28. The minimum atomic E-state index is -4.37. The summed E-state index contributed by atoms with van der Waals surface area (Å²) >= 11 is 0. The highest BCUT2D eigenvalue weighted by molar-refractivity contribution is 5.27. The quantitative estimate of drug-likeness (QED) is 0.940. The second kappa shape index (κ2) is 5.89.